The molecule has 0 saturated carbocycles. The summed E-state index contributed by atoms with van der Waals surface area (Å²) < 4.78 is 5.06. The first-order valence-electron chi connectivity index (χ1n) is 3.26. The van der Waals surface area contributed by atoms with E-state index in [2.05, 4.69) is 0 Å². The van der Waals surface area contributed by atoms with E-state index in [1.54, 1.807) is 17.5 Å². The lowest BCUT2D eigenvalue weighted by molar-refractivity contribution is 0.243. The van der Waals surface area contributed by atoms with Crippen molar-refractivity contribution in [2.45, 2.75) is 0 Å². The van der Waals surface area contributed by atoms with E-state index in [0.29, 0.717) is 12.6 Å². The number of nitrogens with two attached hydrogens (primary N) is 1. The van der Waals surface area contributed by atoms with E-state index in [1.807, 2.05) is 22.4 Å². The summed E-state index contributed by atoms with van der Waals surface area (Å²) in [6.45, 7) is 0.534. The highest BCUT2D eigenvalue weighted by atomic mass is 35.5. The van der Waals surface area contributed by atoms with Crippen LogP contribution in [0.2, 0.25) is 0 Å². The Balaban J connectivity index is 0.000000720. The van der Waals surface area contributed by atoms with Gasteiger partial charge in [0, 0.05) is 0 Å². The van der Waals surface area contributed by atoms with Gasteiger partial charge in [0.15, 0.2) is 6.73 Å². The van der Waals surface area contributed by atoms with Crippen LogP contribution < -0.4 is 10.6 Å². The van der Waals surface area contributed by atoms with Crippen molar-refractivity contribution in [3.05, 3.63) is 29.6 Å². The van der Waals surface area contributed by atoms with Crippen molar-refractivity contribution in [1.29, 1.82) is 0 Å². The van der Waals surface area contributed by atoms with Gasteiger partial charge in [-0.3, -0.25) is 0 Å². The van der Waals surface area contributed by atoms with E-state index >= 15 is 0 Å². The zero-order valence-corrected chi connectivity index (χ0v) is 7.90. The Morgan fingerprint density at radius 3 is 2.92 bits per heavy atom. The van der Waals surface area contributed by atoms with Gasteiger partial charge in [0.1, 0.15) is 0 Å². The number of hydrogen-bond donors (Lipinski definition) is 1. The third-order valence-corrected chi connectivity index (χ3v) is 2.35. The third kappa shape index (κ3) is 1.65. The standard InChI is InChI=1S/C7H8N2OS.ClH/c8-6-4-9(5-10-6)7-2-1-3-11-7;/h1-4H,5,8H2;1H. The van der Waals surface area contributed by atoms with Gasteiger partial charge >= 0.3 is 0 Å². The van der Waals surface area contributed by atoms with Crippen molar-refractivity contribution in [3.8, 4) is 0 Å². The molecule has 0 amide bonds. The van der Waals surface area contributed by atoms with E-state index in [0.717, 1.165) is 5.00 Å². The van der Waals surface area contributed by atoms with E-state index in [9.17, 15) is 0 Å². The second-order valence-corrected chi connectivity index (χ2v) is 3.15. The normalized spacial score (nSPS) is 15.0. The van der Waals surface area contributed by atoms with Gasteiger partial charge in [0.05, 0.1) is 11.2 Å². The summed E-state index contributed by atoms with van der Waals surface area (Å²) in [5.74, 6) is 0.485. The average molecular weight is 205 g/mol. The van der Waals surface area contributed by atoms with Crippen LogP contribution in [0.4, 0.5) is 5.00 Å². The predicted octanol–water partition coefficient (Wildman–Crippen LogP) is 1.72. The highest BCUT2D eigenvalue weighted by Crippen LogP contribution is 2.24. The zero-order chi connectivity index (χ0) is 7.68. The van der Waals surface area contributed by atoms with E-state index in [4.69, 9.17) is 10.5 Å². The van der Waals surface area contributed by atoms with Gasteiger partial charge in [0.2, 0.25) is 5.88 Å². The molecule has 0 saturated heterocycles. The van der Waals surface area contributed by atoms with Crippen molar-refractivity contribution in [2.75, 3.05) is 11.6 Å². The molecule has 0 bridgehead atoms. The van der Waals surface area contributed by atoms with Gasteiger partial charge in [-0.2, -0.15) is 0 Å². The fourth-order valence-electron chi connectivity index (χ4n) is 0.933. The fraction of sp³-hybridized carbons (Fsp3) is 0.143. The van der Waals surface area contributed by atoms with Crippen LogP contribution in [0.15, 0.2) is 29.6 Å². The largest absolute Gasteiger partial charge is 0.457 e. The van der Waals surface area contributed by atoms with E-state index < -0.39 is 0 Å². The molecule has 3 nitrogen and oxygen atoms in total. The molecule has 1 aliphatic heterocycles. The number of ether oxygens (including phenoxy) is 1. The molecule has 0 unspecified atom stereocenters. The molecule has 0 spiro atoms. The molecule has 1 aromatic heterocycles. The Morgan fingerprint density at radius 1 is 1.58 bits per heavy atom. The molecule has 0 aliphatic carbocycles. The summed E-state index contributed by atoms with van der Waals surface area (Å²) in [4.78, 5) is 1.97. The quantitative estimate of drug-likeness (QED) is 0.757. The molecule has 1 aromatic rings. The summed E-state index contributed by atoms with van der Waals surface area (Å²) in [5.41, 5.74) is 5.43. The molecule has 0 atom stereocenters. The van der Waals surface area contributed by atoms with E-state index in [-0.39, 0.29) is 12.4 Å². The van der Waals surface area contributed by atoms with Gasteiger partial charge in [-0.15, -0.1) is 23.7 Å². The molecule has 0 radical (unpaired) electrons. The molecular weight excluding hydrogens is 196 g/mol. The van der Waals surface area contributed by atoms with Crippen LogP contribution in [0.3, 0.4) is 0 Å². The van der Waals surface area contributed by atoms with Gasteiger partial charge < -0.3 is 15.4 Å². The first kappa shape index (κ1) is 9.22. The summed E-state index contributed by atoms with van der Waals surface area (Å²) in [6.07, 6.45) is 1.80. The topological polar surface area (TPSA) is 38.5 Å². The van der Waals surface area contributed by atoms with Gasteiger partial charge in [-0.25, -0.2) is 0 Å². The minimum absolute atomic E-state index is 0. The summed E-state index contributed by atoms with van der Waals surface area (Å²) in [7, 11) is 0. The van der Waals surface area contributed by atoms with Crippen LogP contribution in [-0.2, 0) is 4.74 Å². The Morgan fingerprint density at radius 2 is 2.42 bits per heavy atom. The lowest BCUT2D eigenvalue weighted by atomic mass is 10.6. The van der Waals surface area contributed by atoms with Gasteiger partial charge in [0.25, 0.3) is 0 Å². The molecule has 12 heavy (non-hydrogen) atoms. The van der Waals surface area contributed by atoms with Crippen LogP contribution in [0, 0.1) is 0 Å². The predicted molar refractivity (Wildman–Crippen MR) is 52.3 cm³/mol. The van der Waals surface area contributed by atoms with Crippen LogP contribution in [0.25, 0.3) is 0 Å². The lowest BCUT2D eigenvalue weighted by Crippen LogP contribution is -2.10. The molecule has 2 rings (SSSR count). The van der Waals surface area contributed by atoms with Crippen molar-refractivity contribution in [2.24, 2.45) is 5.73 Å². The monoisotopic (exact) mass is 204 g/mol. The minimum atomic E-state index is 0. The summed E-state index contributed by atoms with van der Waals surface area (Å²) in [5, 5.41) is 3.18. The maximum absolute atomic E-state index is 5.43. The van der Waals surface area contributed by atoms with Crippen molar-refractivity contribution >= 4 is 28.7 Å². The van der Waals surface area contributed by atoms with Crippen LogP contribution in [-0.4, -0.2) is 6.73 Å². The van der Waals surface area contributed by atoms with Crippen LogP contribution in [0.5, 0.6) is 0 Å². The fourth-order valence-corrected chi connectivity index (χ4v) is 1.63. The highest BCUT2D eigenvalue weighted by Gasteiger charge is 2.12. The Hall–Kier alpha value is -0.870. The molecule has 66 valence electrons. The Labute approximate surface area is 80.8 Å². The second-order valence-electron chi connectivity index (χ2n) is 2.23. The molecule has 1 aliphatic rings. The maximum atomic E-state index is 5.43. The molecule has 0 aromatic carbocycles. The number of rotatable bonds is 1. The van der Waals surface area contributed by atoms with Crippen molar-refractivity contribution < 1.29 is 4.74 Å². The molecule has 5 heteroatoms. The Kier molecular flexibility index (Phi) is 2.83. The minimum Gasteiger partial charge on any atom is -0.457 e. The van der Waals surface area contributed by atoms with Crippen molar-refractivity contribution in [1.82, 2.24) is 0 Å². The SMILES string of the molecule is Cl.NC1=CN(c2cccs2)CO1. The van der Waals surface area contributed by atoms with Gasteiger partial charge in [-0.1, -0.05) is 0 Å². The lowest BCUT2D eigenvalue weighted by Gasteiger charge is -2.08. The first-order valence-corrected chi connectivity index (χ1v) is 4.14. The average Bonchev–Trinajstić information content (AvgIpc) is 2.55. The Bertz CT molecular complexity index is 273. The zero-order valence-electron chi connectivity index (χ0n) is 6.27. The number of nitrogens with zero attached hydrogens (tertiary/aromatic N) is 1. The van der Waals surface area contributed by atoms with E-state index in [1.165, 1.54) is 0 Å². The summed E-state index contributed by atoms with van der Waals surface area (Å²) in [6, 6.07) is 4.03. The van der Waals surface area contributed by atoms with Crippen LogP contribution in [0.1, 0.15) is 0 Å². The highest BCUT2D eigenvalue weighted by molar-refractivity contribution is 7.14. The maximum Gasteiger partial charge on any atom is 0.202 e. The molecular formula is C7H9ClN2OS. The molecule has 2 heterocycles. The number of hydrogen-bond acceptors (Lipinski definition) is 4. The summed E-state index contributed by atoms with van der Waals surface area (Å²) >= 11 is 1.67. The first-order chi connectivity index (χ1) is 5.36. The van der Waals surface area contributed by atoms with Crippen molar-refractivity contribution in [3.63, 3.8) is 0 Å². The number of halogens is 1. The number of anilines is 1. The third-order valence-electron chi connectivity index (χ3n) is 1.44. The number of thiophene rings is 1. The second kappa shape index (κ2) is 3.69. The molecule has 0 fully saturated rings. The molecule has 2 N–H and O–H groups in total. The smallest absolute Gasteiger partial charge is 0.202 e. The van der Waals surface area contributed by atoms with Gasteiger partial charge in [-0.05, 0) is 17.5 Å². The van der Waals surface area contributed by atoms with Crippen LogP contribution >= 0.6 is 23.7 Å².